The van der Waals surface area contributed by atoms with Gasteiger partial charge in [0.05, 0.1) is 4.47 Å². The molecule has 1 radical (unpaired) electrons. The SMILES string of the molecule is Fc1s[c]cc1Br. The molecular weight excluding hydrogens is 179 g/mol. The summed E-state index contributed by atoms with van der Waals surface area (Å²) >= 11 is 3.94. The molecule has 1 aromatic rings. The summed E-state index contributed by atoms with van der Waals surface area (Å²) in [6.07, 6.45) is 0. The van der Waals surface area contributed by atoms with Crippen molar-refractivity contribution in [3.63, 3.8) is 0 Å². The Kier molecular flexibility index (Phi) is 1.44. The topological polar surface area (TPSA) is 0 Å². The van der Waals surface area contributed by atoms with Gasteiger partial charge >= 0.3 is 0 Å². The van der Waals surface area contributed by atoms with Crippen molar-refractivity contribution in [3.8, 4) is 0 Å². The second kappa shape index (κ2) is 1.92. The molecule has 37 valence electrons. The molecule has 0 atom stereocenters. The molecule has 0 fully saturated rings. The third kappa shape index (κ3) is 1.01. The highest BCUT2D eigenvalue weighted by Crippen LogP contribution is 2.18. The zero-order valence-electron chi connectivity index (χ0n) is 3.24. The fourth-order valence-corrected chi connectivity index (χ4v) is 1.18. The molecule has 1 aromatic heterocycles. The monoisotopic (exact) mass is 179 g/mol. The Hall–Kier alpha value is 0.110. The van der Waals surface area contributed by atoms with Crippen LogP contribution < -0.4 is 0 Å². The van der Waals surface area contributed by atoms with Gasteiger partial charge < -0.3 is 0 Å². The highest BCUT2D eigenvalue weighted by molar-refractivity contribution is 9.10. The average Bonchev–Trinajstić information content (AvgIpc) is 1.91. The van der Waals surface area contributed by atoms with Gasteiger partial charge in [-0.1, -0.05) is 0 Å². The molecule has 0 unspecified atom stereocenters. The molecule has 0 aliphatic rings. The smallest absolute Gasteiger partial charge is 0.191 e. The minimum atomic E-state index is -0.208. The van der Waals surface area contributed by atoms with E-state index < -0.39 is 0 Å². The fourth-order valence-electron chi connectivity index (χ4n) is 0.238. The van der Waals surface area contributed by atoms with Crippen LogP contribution in [-0.2, 0) is 0 Å². The molecule has 0 aliphatic heterocycles. The summed E-state index contributed by atoms with van der Waals surface area (Å²) in [5.74, 6) is 0. The van der Waals surface area contributed by atoms with Crippen LogP contribution in [-0.4, -0.2) is 0 Å². The Morgan fingerprint density at radius 1 is 1.86 bits per heavy atom. The van der Waals surface area contributed by atoms with Crippen molar-refractivity contribution in [2.45, 2.75) is 0 Å². The maximum atomic E-state index is 12.0. The van der Waals surface area contributed by atoms with Crippen LogP contribution in [0.4, 0.5) is 4.39 Å². The van der Waals surface area contributed by atoms with E-state index in [1.54, 1.807) is 6.07 Å². The van der Waals surface area contributed by atoms with Gasteiger partial charge in [0.15, 0.2) is 5.13 Å². The minimum absolute atomic E-state index is 0.208. The second-order valence-corrected chi connectivity index (χ2v) is 2.64. The Bertz CT molecular complexity index is 144. The highest BCUT2D eigenvalue weighted by atomic mass is 79.9. The molecule has 0 saturated heterocycles. The first-order valence-electron chi connectivity index (χ1n) is 1.61. The van der Waals surface area contributed by atoms with E-state index in [2.05, 4.69) is 21.3 Å². The maximum absolute atomic E-state index is 12.0. The van der Waals surface area contributed by atoms with E-state index in [0.29, 0.717) is 4.47 Å². The molecule has 3 heteroatoms. The molecule has 0 N–H and O–H groups in total. The van der Waals surface area contributed by atoms with Crippen LogP contribution in [0.25, 0.3) is 0 Å². The van der Waals surface area contributed by atoms with Crippen LogP contribution in [0.1, 0.15) is 0 Å². The number of halogens is 2. The van der Waals surface area contributed by atoms with E-state index in [1.165, 1.54) is 0 Å². The molecule has 0 spiro atoms. The quantitative estimate of drug-likeness (QED) is 0.575. The maximum Gasteiger partial charge on any atom is 0.191 e. The molecular formula is C4HBrFS. The first kappa shape index (κ1) is 5.25. The summed E-state index contributed by atoms with van der Waals surface area (Å²) in [5.41, 5.74) is 0. The predicted molar refractivity (Wildman–Crippen MR) is 30.8 cm³/mol. The summed E-state index contributed by atoms with van der Waals surface area (Å²) < 4.78 is 12.5. The van der Waals surface area contributed by atoms with Crippen LogP contribution in [0, 0.1) is 10.5 Å². The molecule has 0 bridgehead atoms. The Labute approximate surface area is 53.1 Å². The minimum Gasteiger partial charge on any atom is -0.194 e. The van der Waals surface area contributed by atoms with E-state index in [9.17, 15) is 4.39 Å². The van der Waals surface area contributed by atoms with Gasteiger partial charge in [0.2, 0.25) is 0 Å². The van der Waals surface area contributed by atoms with E-state index >= 15 is 0 Å². The lowest BCUT2D eigenvalue weighted by atomic mass is 10.7. The van der Waals surface area contributed by atoms with Gasteiger partial charge in [-0.2, -0.15) is 4.39 Å². The number of hydrogen-bond acceptors (Lipinski definition) is 1. The van der Waals surface area contributed by atoms with Crippen molar-refractivity contribution in [2.75, 3.05) is 0 Å². The van der Waals surface area contributed by atoms with Crippen LogP contribution in [0.3, 0.4) is 0 Å². The molecule has 0 saturated carbocycles. The summed E-state index contributed by atoms with van der Waals surface area (Å²) in [5, 5.41) is 2.41. The van der Waals surface area contributed by atoms with E-state index in [4.69, 9.17) is 0 Å². The van der Waals surface area contributed by atoms with Gasteiger partial charge in [-0.3, -0.25) is 0 Å². The standard InChI is InChI=1S/C4HBrFS/c5-3-1-2-7-4(3)6/h1H. The molecule has 0 nitrogen and oxygen atoms in total. The molecule has 7 heavy (non-hydrogen) atoms. The van der Waals surface area contributed by atoms with Crippen LogP contribution >= 0.6 is 27.3 Å². The van der Waals surface area contributed by atoms with Crippen LogP contribution in [0.5, 0.6) is 0 Å². The summed E-state index contributed by atoms with van der Waals surface area (Å²) in [4.78, 5) is 0. The predicted octanol–water partition coefficient (Wildman–Crippen LogP) is 2.45. The molecule has 1 rings (SSSR count). The van der Waals surface area contributed by atoms with E-state index in [1.807, 2.05) is 0 Å². The molecule has 1 heterocycles. The molecule has 0 aliphatic carbocycles. The second-order valence-electron chi connectivity index (χ2n) is 0.986. The van der Waals surface area contributed by atoms with Gasteiger partial charge in [-0.25, -0.2) is 0 Å². The fraction of sp³-hybridized carbons (Fsp3) is 0. The van der Waals surface area contributed by atoms with Gasteiger partial charge in [-0.05, 0) is 22.0 Å². The summed E-state index contributed by atoms with van der Waals surface area (Å²) in [6, 6.07) is 1.56. The first-order valence-corrected chi connectivity index (χ1v) is 3.22. The van der Waals surface area contributed by atoms with Gasteiger partial charge in [0, 0.05) is 5.38 Å². The van der Waals surface area contributed by atoms with Gasteiger partial charge in [0.1, 0.15) is 0 Å². The number of thiophene rings is 1. The molecule has 0 aromatic carbocycles. The van der Waals surface area contributed by atoms with E-state index in [0.717, 1.165) is 11.3 Å². The average molecular weight is 180 g/mol. The largest absolute Gasteiger partial charge is 0.194 e. The lowest BCUT2D eigenvalue weighted by molar-refractivity contribution is 0.651. The zero-order valence-corrected chi connectivity index (χ0v) is 5.64. The van der Waals surface area contributed by atoms with Crippen molar-refractivity contribution in [2.24, 2.45) is 0 Å². The normalized spacial score (nSPS) is 9.43. The van der Waals surface area contributed by atoms with Crippen molar-refractivity contribution in [1.29, 1.82) is 0 Å². The third-order valence-electron chi connectivity index (χ3n) is 0.522. The van der Waals surface area contributed by atoms with Gasteiger partial charge in [-0.15, -0.1) is 11.3 Å². The third-order valence-corrected chi connectivity index (χ3v) is 2.00. The highest BCUT2D eigenvalue weighted by Gasteiger charge is 1.95. The Morgan fingerprint density at radius 2 is 2.57 bits per heavy atom. The lowest BCUT2D eigenvalue weighted by Gasteiger charge is -1.72. The molecule has 0 amide bonds. The zero-order chi connectivity index (χ0) is 5.28. The number of hydrogen-bond donors (Lipinski definition) is 0. The lowest BCUT2D eigenvalue weighted by Crippen LogP contribution is -1.54. The van der Waals surface area contributed by atoms with E-state index in [-0.39, 0.29) is 5.13 Å². The van der Waals surface area contributed by atoms with Crippen molar-refractivity contribution >= 4 is 27.3 Å². The van der Waals surface area contributed by atoms with Crippen molar-refractivity contribution in [1.82, 2.24) is 0 Å². The number of rotatable bonds is 0. The van der Waals surface area contributed by atoms with Crippen molar-refractivity contribution < 1.29 is 4.39 Å². The van der Waals surface area contributed by atoms with Crippen molar-refractivity contribution in [3.05, 3.63) is 21.1 Å². The summed E-state index contributed by atoms with van der Waals surface area (Å²) in [6.45, 7) is 0. The Morgan fingerprint density at radius 3 is 2.71 bits per heavy atom. The van der Waals surface area contributed by atoms with Gasteiger partial charge in [0.25, 0.3) is 0 Å². The van der Waals surface area contributed by atoms with Crippen LogP contribution in [0.15, 0.2) is 10.5 Å². The Balaban J connectivity index is 3.12. The summed E-state index contributed by atoms with van der Waals surface area (Å²) in [7, 11) is 0. The first-order chi connectivity index (χ1) is 3.30. The van der Waals surface area contributed by atoms with Crippen LogP contribution in [0.2, 0.25) is 0 Å².